The van der Waals surface area contributed by atoms with Crippen LogP contribution in [0.3, 0.4) is 0 Å². The van der Waals surface area contributed by atoms with Gasteiger partial charge < -0.3 is 4.74 Å². The smallest absolute Gasteiger partial charge is 0.307 e. The van der Waals surface area contributed by atoms with E-state index in [0.717, 1.165) is 19.3 Å². The van der Waals surface area contributed by atoms with Gasteiger partial charge in [0.15, 0.2) is 0 Å². The summed E-state index contributed by atoms with van der Waals surface area (Å²) in [5.41, 5.74) is 0. The minimum absolute atomic E-state index is 0.277. The Bertz CT molecular complexity index is 302. The molecular weight excluding hydrogens is 176 g/mol. The molecule has 0 aliphatic heterocycles. The van der Waals surface area contributed by atoms with Crippen LogP contribution in [0.25, 0.3) is 0 Å². The summed E-state index contributed by atoms with van der Waals surface area (Å²) in [6, 6.07) is 0. The summed E-state index contributed by atoms with van der Waals surface area (Å²) in [4.78, 5) is 10.4. The maximum atomic E-state index is 10.4. The molecule has 0 bridgehead atoms. The fraction of sp³-hybridized carbons (Fsp3) is 0.417. The molecule has 0 fully saturated rings. The Balaban J connectivity index is 2.25. The zero-order chi connectivity index (χ0) is 10.2. The highest BCUT2D eigenvalue weighted by molar-refractivity contribution is 5.66. The van der Waals surface area contributed by atoms with Gasteiger partial charge in [-0.2, -0.15) is 0 Å². The lowest BCUT2D eigenvalue weighted by molar-refractivity contribution is -0.135. The minimum Gasteiger partial charge on any atom is -0.435 e. The van der Waals surface area contributed by atoms with Gasteiger partial charge >= 0.3 is 5.97 Å². The Hall–Kier alpha value is -1.49. The van der Waals surface area contributed by atoms with Gasteiger partial charge in [-0.3, -0.25) is 4.79 Å². The lowest BCUT2D eigenvalue weighted by Crippen LogP contribution is -1.94. The zero-order valence-electron chi connectivity index (χ0n) is 8.32. The summed E-state index contributed by atoms with van der Waals surface area (Å²) in [5, 5.41) is 0. The average molecular weight is 190 g/mol. The molecule has 0 saturated carbocycles. The van der Waals surface area contributed by atoms with E-state index >= 15 is 0 Å². The van der Waals surface area contributed by atoms with Gasteiger partial charge in [0.1, 0.15) is 0 Å². The molecule has 0 spiro atoms. The highest BCUT2D eigenvalue weighted by Crippen LogP contribution is 2.14. The Labute approximate surface area is 84.6 Å². The summed E-state index contributed by atoms with van der Waals surface area (Å²) in [7, 11) is 0. The van der Waals surface area contributed by atoms with E-state index in [1.165, 1.54) is 13.2 Å². The molecule has 0 heterocycles. The molecule has 74 valence electrons. The van der Waals surface area contributed by atoms with Gasteiger partial charge in [0, 0.05) is 13.3 Å². The predicted octanol–water partition coefficient (Wildman–Crippen LogP) is 2.42. The quantitative estimate of drug-likeness (QED) is 0.388. The summed E-state index contributed by atoms with van der Waals surface area (Å²) in [6.45, 7) is 1.39. The van der Waals surface area contributed by atoms with E-state index in [-0.39, 0.29) is 5.97 Å². The van der Waals surface area contributed by atoms with Gasteiger partial charge in [0.25, 0.3) is 0 Å². The van der Waals surface area contributed by atoms with Crippen molar-refractivity contribution in [3.63, 3.8) is 0 Å². The molecule has 1 aliphatic rings. The van der Waals surface area contributed by atoms with Crippen molar-refractivity contribution in [2.24, 2.45) is 5.92 Å². The lowest BCUT2D eigenvalue weighted by atomic mass is 10.0. The summed E-state index contributed by atoms with van der Waals surface area (Å²) in [5.74, 6) is 6.21. The SMILES string of the molecule is CC(=O)O/C=C/CC1C=CC#CCC1. The van der Waals surface area contributed by atoms with Crippen LogP contribution in [-0.2, 0) is 9.53 Å². The number of hydrogen-bond donors (Lipinski definition) is 0. The van der Waals surface area contributed by atoms with Crippen LogP contribution in [0.15, 0.2) is 24.5 Å². The first-order valence-corrected chi connectivity index (χ1v) is 4.76. The zero-order valence-corrected chi connectivity index (χ0v) is 8.32. The third-order valence-electron chi connectivity index (χ3n) is 1.96. The van der Waals surface area contributed by atoms with Crippen molar-refractivity contribution in [3.8, 4) is 11.8 Å². The fourth-order valence-electron chi connectivity index (χ4n) is 1.24. The predicted molar refractivity (Wildman–Crippen MR) is 55.2 cm³/mol. The number of rotatable bonds is 3. The van der Waals surface area contributed by atoms with E-state index in [1.807, 2.05) is 12.2 Å². The number of hydrogen-bond acceptors (Lipinski definition) is 2. The molecule has 1 unspecified atom stereocenters. The average Bonchev–Trinajstić information content (AvgIpc) is 2.40. The largest absolute Gasteiger partial charge is 0.435 e. The number of carbonyl (C=O) groups excluding carboxylic acids is 1. The van der Waals surface area contributed by atoms with E-state index in [1.54, 1.807) is 0 Å². The first kappa shape index (κ1) is 10.6. The van der Waals surface area contributed by atoms with Crippen LogP contribution in [0, 0.1) is 17.8 Å². The highest BCUT2D eigenvalue weighted by Gasteiger charge is 2.02. The van der Waals surface area contributed by atoms with E-state index in [0.29, 0.717) is 5.92 Å². The molecule has 0 aromatic carbocycles. The van der Waals surface area contributed by atoms with Crippen molar-refractivity contribution in [1.29, 1.82) is 0 Å². The Morgan fingerprint density at radius 2 is 2.57 bits per heavy atom. The van der Waals surface area contributed by atoms with E-state index in [2.05, 4.69) is 22.7 Å². The van der Waals surface area contributed by atoms with Crippen LogP contribution in [-0.4, -0.2) is 5.97 Å². The molecule has 1 aliphatic carbocycles. The standard InChI is InChI=1S/C12H14O2/c1-11(13)14-10-6-9-12-7-4-2-3-5-8-12/h4,6-7,10,12H,5,8-9H2,1H3/b10-6+. The third kappa shape index (κ3) is 4.51. The van der Waals surface area contributed by atoms with Gasteiger partial charge in [-0.1, -0.05) is 17.9 Å². The summed E-state index contributed by atoms with van der Waals surface area (Å²) >= 11 is 0. The molecule has 0 aromatic rings. The molecular formula is C12H14O2. The molecule has 0 aromatic heterocycles. The number of esters is 1. The van der Waals surface area contributed by atoms with Crippen LogP contribution in [0.5, 0.6) is 0 Å². The van der Waals surface area contributed by atoms with Gasteiger partial charge in [0.2, 0.25) is 0 Å². The Kier molecular flexibility index (Phi) is 4.57. The molecule has 0 radical (unpaired) electrons. The number of carbonyl (C=O) groups is 1. The molecule has 0 N–H and O–H groups in total. The van der Waals surface area contributed by atoms with Crippen LogP contribution in [0.2, 0.25) is 0 Å². The molecule has 0 saturated heterocycles. The van der Waals surface area contributed by atoms with Crippen LogP contribution >= 0.6 is 0 Å². The molecule has 14 heavy (non-hydrogen) atoms. The molecule has 2 nitrogen and oxygen atoms in total. The molecule has 0 amide bonds. The van der Waals surface area contributed by atoms with Crippen molar-refractivity contribution in [2.45, 2.75) is 26.2 Å². The summed E-state index contributed by atoms with van der Waals surface area (Å²) < 4.78 is 4.69. The highest BCUT2D eigenvalue weighted by atomic mass is 16.5. The van der Waals surface area contributed by atoms with Gasteiger partial charge in [-0.25, -0.2) is 0 Å². The molecule has 1 atom stereocenters. The monoisotopic (exact) mass is 190 g/mol. The van der Waals surface area contributed by atoms with Gasteiger partial charge in [-0.15, -0.1) is 0 Å². The minimum atomic E-state index is -0.277. The Morgan fingerprint density at radius 3 is 3.36 bits per heavy atom. The van der Waals surface area contributed by atoms with Crippen LogP contribution in [0.4, 0.5) is 0 Å². The maximum Gasteiger partial charge on any atom is 0.307 e. The van der Waals surface area contributed by atoms with Crippen molar-refractivity contribution >= 4 is 5.97 Å². The molecule has 2 heteroatoms. The number of allylic oxidation sites excluding steroid dienone is 3. The third-order valence-corrected chi connectivity index (χ3v) is 1.96. The topological polar surface area (TPSA) is 26.3 Å². The van der Waals surface area contributed by atoms with E-state index in [9.17, 15) is 4.79 Å². The maximum absolute atomic E-state index is 10.4. The summed E-state index contributed by atoms with van der Waals surface area (Å²) in [6.07, 6.45) is 10.3. The van der Waals surface area contributed by atoms with Crippen molar-refractivity contribution in [2.75, 3.05) is 0 Å². The Morgan fingerprint density at radius 1 is 1.71 bits per heavy atom. The van der Waals surface area contributed by atoms with Crippen LogP contribution in [0.1, 0.15) is 26.2 Å². The first-order chi connectivity index (χ1) is 6.79. The van der Waals surface area contributed by atoms with Crippen LogP contribution < -0.4 is 0 Å². The van der Waals surface area contributed by atoms with Crippen molar-refractivity contribution in [3.05, 3.63) is 24.5 Å². The van der Waals surface area contributed by atoms with E-state index in [4.69, 9.17) is 0 Å². The van der Waals surface area contributed by atoms with E-state index < -0.39 is 0 Å². The second kappa shape index (κ2) is 6.04. The van der Waals surface area contributed by atoms with Gasteiger partial charge in [-0.05, 0) is 30.9 Å². The molecule has 1 rings (SSSR count). The first-order valence-electron chi connectivity index (χ1n) is 4.76. The van der Waals surface area contributed by atoms with Crippen molar-refractivity contribution in [1.82, 2.24) is 0 Å². The lowest BCUT2D eigenvalue weighted by Gasteiger charge is -2.05. The second-order valence-electron chi connectivity index (χ2n) is 3.20. The van der Waals surface area contributed by atoms with Crippen molar-refractivity contribution < 1.29 is 9.53 Å². The number of ether oxygens (including phenoxy) is 1. The second-order valence-corrected chi connectivity index (χ2v) is 3.20. The van der Waals surface area contributed by atoms with Gasteiger partial charge in [0.05, 0.1) is 6.26 Å². The normalized spacial score (nSPS) is 19.9. The fourth-order valence-corrected chi connectivity index (χ4v) is 1.24.